The lowest BCUT2D eigenvalue weighted by Crippen LogP contribution is -2.10. The molecule has 3 rings (SSSR count). The van der Waals surface area contributed by atoms with Gasteiger partial charge in [0, 0.05) is 16.7 Å². The third kappa shape index (κ3) is 5.82. The summed E-state index contributed by atoms with van der Waals surface area (Å²) in [6, 6.07) is 17.3. The number of nitrogens with two attached hydrogens (primary N) is 1. The molecule has 1 aromatic heterocycles. The van der Waals surface area contributed by atoms with Gasteiger partial charge in [-0.3, -0.25) is 0 Å². The van der Waals surface area contributed by atoms with Crippen molar-refractivity contribution in [1.82, 2.24) is 15.0 Å². The summed E-state index contributed by atoms with van der Waals surface area (Å²) in [5, 5.41) is 3.03. The average molecular weight is 393 g/mol. The fourth-order valence-electron chi connectivity index (χ4n) is 2.27. The number of carbonyl (C=O) groups is 1. The molecule has 0 atom stereocenters. The highest BCUT2D eigenvalue weighted by molar-refractivity contribution is 7.98. The third-order valence-corrected chi connectivity index (χ3v) is 4.34. The molecule has 8 heteroatoms. The van der Waals surface area contributed by atoms with E-state index in [9.17, 15) is 4.79 Å². The van der Waals surface area contributed by atoms with Crippen molar-refractivity contribution in [3.63, 3.8) is 0 Å². The molecule has 0 spiro atoms. The van der Waals surface area contributed by atoms with Gasteiger partial charge in [-0.05, 0) is 42.2 Å². The first-order valence-electron chi connectivity index (χ1n) is 8.44. The van der Waals surface area contributed by atoms with Gasteiger partial charge in [-0.25, -0.2) is 4.79 Å². The largest absolute Gasteiger partial charge is 0.454 e. The second-order valence-corrected chi connectivity index (χ2v) is 6.52. The number of anilines is 3. The number of hydrogen-bond donors (Lipinski definition) is 2. The molecular weight excluding hydrogens is 374 g/mol. The van der Waals surface area contributed by atoms with E-state index in [1.807, 2.05) is 60.9 Å². The number of ether oxygens (including phenoxy) is 1. The van der Waals surface area contributed by atoms with E-state index in [-0.39, 0.29) is 24.3 Å². The Morgan fingerprint density at radius 2 is 1.86 bits per heavy atom. The molecule has 0 bridgehead atoms. The van der Waals surface area contributed by atoms with Gasteiger partial charge >= 0.3 is 5.97 Å². The first kappa shape index (κ1) is 19.4. The van der Waals surface area contributed by atoms with Crippen molar-refractivity contribution >= 4 is 41.4 Å². The normalized spacial score (nSPS) is 10.8. The molecule has 2 aromatic carbocycles. The van der Waals surface area contributed by atoms with Crippen LogP contribution in [0.5, 0.6) is 0 Å². The van der Waals surface area contributed by atoms with Crippen molar-refractivity contribution in [2.75, 3.05) is 17.3 Å². The van der Waals surface area contributed by atoms with Crippen molar-refractivity contribution in [3.05, 3.63) is 72.1 Å². The number of hydrogen-bond acceptors (Lipinski definition) is 8. The molecule has 3 N–H and O–H groups in total. The Bertz CT molecular complexity index is 962. The number of esters is 1. The fourth-order valence-corrected chi connectivity index (χ4v) is 2.68. The SMILES string of the molecule is CSc1ccc(/C=C/C(=O)OCc2nc(N)nc(Nc3ccccc3)n2)cc1. The Labute approximate surface area is 167 Å². The van der Waals surface area contributed by atoms with E-state index in [1.54, 1.807) is 17.8 Å². The minimum atomic E-state index is -0.495. The van der Waals surface area contributed by atoms with Gasteiger partial charge in [0.25, 0.3) is 0 Å². The van der Waals surface area contributed by atoms with Crippen LogP contribution in [-0.4, -0.2) is 27.2 Å². The molecule has 3 aromatic rings. The van der Waals surface area contributed by atoms with Crippen LogP contribution < -0.4 is 11.1 Å². The second-order valence-electron chi connectivity index (χ2n) is 5.64. The van der Waals surface area contributed by atoms with Gasteiger partial charge in [-0.2, -0.15) is 15.0 Å². The van der Waals surface area contributed by atoms with Gasteiger partial charge in [-0.15, -0.1) is 11.8 Å². The van der Waals surface area contributed by atoms with E-state index in [2.05, 4.69) is 20.3 Å². The van der Waals surface area contributed by atoms with Crippen LogP contribution in [0.15, 0.2) is 65.6 Å². The lowest BCUT2D eigenvalue weighted by atomic mass is 10.2. The van der Waals surface area contributed by atoms with Crippen molar-refractivity contribution < 1.29 is 9.53 Å². The summed E-state index contributed by atoms with van der Waals surface area (Å²) in [7, 11) is 0. The summed E-state index contributed by atoms with van der Waals surface area (Å²) in [6.45, 7) is -0.106. The minimum absolute atomic E-state index is 0.0453. The zero-order valence-corrected chi connectivity index (χ0v) is 16.0. The van der Waals surface area contributed by atoms with Gasteiger partial charge in [-0.1, -0.05) is 30.3 Å². The van der Waals surface area contributed by atoms with Crippen LogP contribution in [0.4, 0.5) is 17.6 Å². The standard InChI is InChI=1S/C20H19N5O2S/c1-28-16-10-7-14(8-11-16)9-12-18(26)27-13-17-23-19(21)25-20(24-17)22-15-5-3-2-4-6-15/h2-12H,13H2,1H3,(H3,21,22,23,24,25)/b12-9+. The first-order valence-corrected chi connectivity index (χ1v) is 9.66. The molecule has 0 aliphatic heterocycles. The Hall–Kier alpha value is -3.39. The maximum Gasteiger partial charge on any atom is 0.331 e. The number of carbonyl (C=O) groups excluding carboxylic acids is 1. The highest BCUT2D eigenvalue weighted by Crippen LogP contribution is 2.16. The van der Waals surface area contributed by atoms with E-state index in [0.29, 0.717) is 0 Å². The number of nitrogens with zero attached hydrogens (tertiary/aromatic N) is 3. The third-order valence-electron chi connectivity index (χ3n) is 3.60. The maximum absolute atomic E-state index is 11.9. The fraction of sp³-hybridized carbons (Fsp3) is 0.100. The topological polar surface area (TPSA) is 103 Å². The number of benzene rings is 2. The van der Waals surface area contributed by atoms with Gasteiger partial charge in [0.15, 0.2) is 12.4 Å². The van der Waals surface area contributed by atoms with Crippen molar-refractivity contribution in [2.45, 2.75) is 11.5 Å². The summed E-state index contributed by atoms with van der Waals surface area (Å²) in [5.41, 5.74) is 7.44. The molecule has 0 saturated carbocycles. The number of rotatable bonds is 7. The van der Waals surface area contributed by atoms with Crippen LogP contribution in [0.3, 0.4) is 0 Å². The summed E-state index contributed by atoms with van der Waals surface area (Å²) in [4.78, 5) is 25.4. The summed E-state index contributed by atoms with van der Waals surface area (Å²) >= 11 is 1.66. The van der Waals surface area contributed by atoms with E-state index in [4.69, 9.17) is 10.5 Å². The molecule has 0 aliphatic rings. The van der Waals surface area contributed by atoms with Crippen molar-refractivity contribution in [3.8, 4) is 0 Å². The quantitative estimate of drug-likeness (QED) is 0.356. The van der Waals surface area contributed by atoms with Crippen LogP contribution in [-0.2, 0) is 16.1 Å². The Kier molecular flexibility index (Phi) is 6.59. The second kappa shape index (κ2) is 9.52. The van der Waals surface area contributed by atoms with Crippen LogP contribution in [0.25, 0.3) is 6.08 Å². The molecule has 0 amide bonds. The van der Waals surface area contributed by atoms with Gasteiger partial charge < -0.3 is 15.8 Å². The highest BCUT2D eigenvalue weighted by Gasteiger charge is 2.07. The molecule has 0 saturated heterocycles. The maximum atomic E-state index is 11.9. The van der Waals surface area contributed by atoms with Crippen LogP contribution in [0.2, 0.25) is 0 Å². The lowest BCUT2D eigenvalue weighted by Gasteiger charge is -2.07. The molecule has 142 valence electrons. The Morgan fingerprint density at radius 3 is 2.57 bits per heavy atom. The van der Waals surface area contributed by atoms with E-state index in [1.165, 1.54) is 6.08 Å². The smallest absolute Gasteiger partial charge is 0.331 e. The zero-order chi connectivity index (χ0) is 19.8. The molecular formula is C20H19N5O2S. The first-order chi connectivity index (χ1) is 13.6. The van der Waals surface area contributed by atoms with Crippen LogP contribution in [0.1, 0.15) is 11.4 Å². The number of nitrogen functional groups attached to an aromatic ring is 1. The molecule has 0 unspecified atom stereocenters. The number of nitrogens with one attached hydrogen (secondary N) is 1. The molecule has 7 nitrogen and oxygen atoms in total. The van der Waals surface area contributed by atoms with Crippen LogP contribution in [0, 0.1) is 0 Å². The summed E-state index contributed by atoms with van der Waals surface area (Å²) in [5.74, 6) is 0.0978. The average Bonchev–Trinajstić information content (AvgIpc) is 2.71. The molecule has 1 heterocycles. The molecule has 0 radical (unpaired) electrons. The van der Waals surface area contributed by atoms with Gasteiger partial charge in [0.2, 0.25) is 11.9 Å². The summed E-state index contributed by atoms with van der Waals surface area (Å²) in [6.07, 6.45) is 5.06. The van der Waals surface area contributed by atoms with E-state index >= 15 is 0 Å². The Balaban J connectivity index is 1.58. The van der Waals surface area contributed by atoms with E-state index in [0.717, 1.165) is 16.1 Å². The number of thioether (sulfide) groups is 1. The highest BCUT2D eigenvalue weighted by atomic mass is 32.2. The Morgan fingerprint density at radius 1 is 1.11 bits per heavy atom. The number of para-hydroxylation sites is 1. The van der Waals surface area contributed by atoms with Crippen LogP contribution >= 0.6 is 11.8 Å². The molecule has 28 heavy (non-hydrogen) atoms. The minimum Gasteiger partial charge on any atom is -0.454 e. The number of aromatic nitrogens is 3. The zero-order valence-electron chi connectivity index (χ0n) is 15.2. The monoisotopic (exact) mass is 393 g/mol. The molecule has 0 fully saturated rings. The van der Waals surface area contributed by atoms with E-state index < -0.39 is 5.97 Å². The van der Waals surface area contributed by atoms with Crippen molar-refractivity contribution in [1.29, 1.82) is 0 Å². The predicted octanol–water partition coefficient (Wildman–Crippen LogP) is 3.68. The van der Waals surface area contributed by atoms with Gasteiger partial charge in [0.05, 0.1) is 0 Å². The predicted molar refractivity (Wildman–Crippen MR) is 111 cm³/mol. The lowest BCUT2D eigenvalue weighted by molar-refractivity contribution is -0.139. The molecule has 0 aliphatic carbocycles. The van der Waals surface area contributed by atoms with Gasteiger partial charge in [0.1, 0.15) is 0 Å². The summed E-state index contributed by atoms with van der Waals surface area (Å²) < 4.78 is 5.19. The van der Waals surface area contributed by atoms with Crippen molar-refractivity contribution in [2.24, 2.45) is 0 Å².